The molecular weight excluding hydrogens is 232 g/mol. The van der Waals surface area contributed by atoms with Crippen molar-refractivity contribution in [2.75, 3.05) is 5.75 Å². The second kappa shape index (κ2) is 4.45. The van der Waals surface area contributed by atoms with Gasteiger partial charge in [0.2, 0.25) is 0 Å². The Bertz CT molecular complexity index is 392. The normalized spacial score (nSPS) is 19.7. The molecule has 80 valence electrons. The highest BCUT2D eigenvalue weighted by Crippen LogP contribution is 2.42. The van der Waals surface area contributed by atoms with E-state index in [2.05, 4.69) is 0 Å². The van der Waals surface area contributed by atoms with Crippen molar-refractivity contribution in [2.45, 2.75) is 23.7 Å². The van der Waals surface area contributed by atoms with E-state index in [-0.39, 0.29) is 12.3 Å². The SMILES string of the molecule is O=C(O)CC1CCSc2c(Cl)cccc21. The molecule has 2 nitrogen and oxygen atoms in total. The Hall–Kier alpha value is -0.670. The lowest BCUT2D eigenvalue weighted by Gasteiger charge is -2.24. The van der Waals surface area contributed by atoms with Crippen molar-refractivity contribution in [1.82, 2.24) is 0 Å². The molecule has 1 heterocycles. The zero-order chi connectivity index (χ0) is 10.8. The number of benzene rings is 1. The van der Waals surface area contributed by atoms with Gasteiger partial charge in [-0.3, -0.25) is 4.79 Å². The topological polar surface area (TPSA) is 37.3 Å². The van der Waals surface area contributed by atoms with Gasteiger partial charge in [0.15, 0.2) is 0 Å². The number of hydrogen-bond donors (Lipinski definition) is 1. The lowest BCUT2D eigenvalue weighted by Crippen LogP contribution is -2.12. The van der Waals surface area contributed by atoms with Crippen molar-refractivity contribution in [3.05, 3.63) is 28.8 Å². The van der Waals surface area contributed by atoms with E-state index < -0.39 is 5.97 Å². The summed E-state index contributed by atoms with van der Waals surface area (Å²) < 4.78 is 0. The number of carboxylic acid groups (broad SMARTS) is 1. The van der Waals surface area contributed by atoms with Crippen molar-refractivity contribution in [3.63, 3.8) is 0 Å². The van der Waals surface area contributed by atoms with Gasteiger partial charge in [-0.25, -0.2) is 0 Å². The van der Waals surface area contributed by atoms with Crippen LogP contribution in [0.15, 0.2) is 23.1 Å². The average Bonchev–Trinajstić information content (AvgIpc) is 2.19. The lowest BCUT2D eigenvalue weighted by atomic mass is 9.93. The zero-order valence-corrected chi connectivity index (χ0v) is 9.64. The summed E-state index contributed by atoms with van der Waals surface area (Å²) in [5, 5.41) is 9.56. The maximum absolute atomic E-state index is 10.7. The fourth-order valence-corrected chi connectivity index (χ4v) is 3.44. The van der Waals surface area contributed by atoms with Crippen LogP contribution in [0, 0.1) is 0 Å². The van der Waals surface area contributed by atoms with Gasteiger partial charge in [0.05, 0.1) is 11.4 Å². The molecule has 2 rings (SSSR count). The van der Waals surface area contributed by atoms with Gasteiger partial charge in [0.1, 0.15) is 0 Å². The van der Waals surface area contributed by atoms with Crippen molar-refractivity contribution >= 4 is 29.3 Å². The molecule has 0 aliphatic carbocycles. The van der Waals surface area contributed by atoms with Crippen LogP contribution in [0.5, 0.6) is 0 Å². The molecule has 1 atom stereocenters. The van der Waals surface area contributed by atoms with Crippen LogP contribution in [-0.4, -0.2) is 16.8 Å². The summed E-state index contributed by atoms with van der Waals surface area (Å²) in [4.78, 5) is 11.8. The van der Waals surface area contributed by atoms with Crippen LogP contribution < -0.4 is 0 Å². The smallest absolute Gasteiger partial charge is 0.303 e. The van der Waals surface area contributed by atoms with Crippen LogP contribution in [0.3, 0.4) is 0 Å². The van der Waals surface area contributed by atoms with Gasteiger partial charge in [-0.15, -0.1) is 11.8 Å². The summed E-state index contributed by atoms with van der Waals surface area (Å²) in [5.74, 6) is 0.338. The first-order valence-corrected chi connectivity index (χ1v) is 6.18. The van der Waals surface area contributed by atoms with E-state index >= 15 is 0 Å². The average molecular weight is 243 g/mol. The molecule has 0 saturated carbocycles. The number of carboxylic acids is 1. The standard InChI is InChI=1S/C11H11ClO2S/c12-9-3-1-2-8-7(6-10(13)14)4-5-15-11(8)9/h1-3,7H,4-6H2,(H,13,14). The number of fused-ring (bicyclic) bond motifs is 1. The highest BCUT2D eigenvalue weighted by molar-refractivity contribution is 7.99. The number of thioether (sulfide) groups is 1. The Labute approximate surface area is 97.6 Å². The predicted octanol–water partition coefficient (Wildman–Crippen LogP) is 3.39. The molecule has 15 heavy (non-hydrogen) atoms. The van der Waals surface area contributed by atoms with E-state index in [1.54, 1.807) is 11.8 Å². The zero-order valence-electron chi connectivity index (χ0n) is 8.07. The Balaban J connectivity index is 2.34. The van der Waals surface area contributed by atoms with Crippen LogP contribution in [0.4, 0.5) is 0 Å². The van der Waals surface area contributed by atoms with Gasteiger partial charge in [0.25, 0.3) is 0 Å². The molecule has 1 aliphatic heterocycles. The fourth-order valence-electron chi connectivity index (χ4n) is 1.88. The van der Waals surface area contributed by atoms with E-state index in [4.69, 9.17) is 16.7 Å². The largest absolute Gasteiger partial charge is 0.481 e. The van der Waals surface area contributed by atoms with Gasteiger partial charge >= 0.3 is 5.97 Å². The fraction of sp³-hybridized carbons (Fsp3) is 0.364. The Morgan fingerprint density at radius 1 is 1.60 bits per heavy atom. The quantitative estimate of drug-likeness (QED) is 0.864. The summed E-state index contributed by atoms with van der Waals surface area (Å²) in [6, 6.07) is 5.74. The van der Waals surface area contributed by atoms with Crippen LogP contribution in [0.1, 0.15) is 24.3 Å². The number of rotatable bonds is 2. The summed E-state index contributed by atoms with van der Waals surface area (Å²) >= 11 is 7.80. The maximum atomic E-state index is 10.7. The van der Waals surface area contributed by atoms with Crippen molar-refractivity contribution in [2.24, 2.45) is 0 Å². The van der Waals surface area contributed by atoms with Crippen LogP contribution in [0.2, 0.25) is 5.02 Å². The third kappa shape index (κ3) is 2.29. The molecular formula is C11H11ClO2S. The third-order valence-corrected chi connectivity index (χ3v) is 4.18. The predicted molar refractivity (Wildman–Crippen MR) is 61.8 cm³/mol. The van der Waals surface area contributed by atoms with Crippen LogP contribution >= 0.6 is 23.4 Å². The summed E-state index contributed by atoms with van der Waals surface area (Å²) in [5.41, 5.74) is 1.10. The van der Waals surface area contributed by atoms with Crippen LogP contribution in [-0.2, 0) is 4.79 Å². The minimum absolute atomic E-state index is 0.123. The van der Waals surface area contributed by atoms with Crippen LogP contribution in [0.25, 0.3) is 0 Å². The first-order chi connectivity index (χ1) is 7.18. The number of halogens is 1. The number of hydrogen-bond acceptors (Lipinski definition) is 2. The molecule has 0 saturated heterocycles. The third-order valence-electron chi connectivity index (χ3n) is 2.57. The summed E-state index contributed by atoms with van der Waals surface area (Å²) in [6.45, 7) is 0. The minimum atomic E-state index is -0.738. The summed E-state index contributed by atoms with van der Waals surface area (Å²) in [6.07, 6.45) is 1.12. The molecule has 4 heteroatoms. The molecule has 1 aliphatic rings. The van der Waals surface area contributed by atoms with E-state index in [1.165, 1.54) is 0 Å². The molecule has 1 aromatic carbocycles. The van der Waals surface area contributed by atoms with Gasteiger partial charge in [-0.05, 0) is 29.7 Å². The maximum Gasteiger partial charge on any atom is 0.303 e. The second-order valence-corrected chi connectivity index (χ2v) is 5.10. The minimum Gasteiger partial charge on any atom is -0.481 e. The van der Waals surface area contributed by atoms with Gasteiger partial charge in [0, 0.05) is 4.90 Å². The van der Waals surface area contributed by atoms with Crippen molar-refractivity contribution < 1.29 is 9.90 Å². The Morgan fingerprint density at radius 2 is 2.40 bits per heavy atom. The second-order valence-electron chi connectivity index (χ2n) is 3.59. The summed E-state index contributed by atoms with van der Waals surface area (Å²) in [7, 11) is 0. The van der Waals surface area contributed by atoms with Gasteiger partial charge in [-0.2, -0.15) is 0 Å². The molecule has 1 unspecified atom stereocenters. The number of aliphatic carboxylic acids is 1. The molecule has 0 radical (unpaired) electrons. The van der Waals surface area contributed by atoms with Gasteiger partial charge < -0.3 is 5.11 Å². The van der Waals surface area contributed by atoms with E-state index in [1.807, 2.05) is 18.2 Å². The lowest BCUT2D eigenvalue weighted by molar-refractivity contribution is -0.137. The van der Waals surface area contributed by atoms with E-state index in [0.29, 0.717) is 0 Å². The van der Waals surface area contributed by atoms with E-state index in [0.717, 1.165) is 27.7 Å². The first-order valence-electron chi connectivity index (χ1n) is 4.81. The molecule has 0 fully saturated rings. The highest BCUT2D eigenvalue weighted by Gasteiger charge is 2.24. The van der Waals surface area contributed by atoms with Crippen molar-refractivity contribution in [1.29, 1.82) is 0 Å². The monoisotopic (exact) mass is 242 g/mol. The Kier molecular flexibility index (Phi) is 3.22. The molecule has 1 aromatic rings. The molecule has 0 spiro atoms. The Morgan fingerprint density at radius 3 is 3.13 bits per heavy atom. The van der Waals surface area contributed by atoms with E-state index in [9.17, 15) is 4.79 Å². The molecule has 0 amide bonds. The van der Waals surface area contributed by atoms with Crippen molar-refractivity contribution in [3.8, 4) is 0 Å². The first kappa shape index (κ1) is 10.8. The highest BCUT2D eigenvalue weighted by atomic mass is 35.5. The number of carbonyl (C=O) groups is 1. The molecule has 1 N–H and O–H groups in total. The van der Waals surface area contributed by atoms with Gasteiger partial charge in [-0.1, -0.05) is 23.7 Å². The molecule has 0 bridgehead atoms. The molecule has 0 aromatic heterocycles.